The third-order valence-corrected chi connectivity index (χ3v) is 3.92. The number of amides is 3. The van der Waals surface area contributed by atoms with Gasteiger partial charge in [-0.15, -0.1) is 0 Å². The molecule has 2 rings (SSSR count). The van der Waals surface area contributed by atoms with Crippen molar-refractivity contribution in [3.63, 3.8) is 0 Å². The lowest BCUT2D eigenvalue weighted by Crippen LogP contribution is -2.60. The van der Waals surface area contributed by atoms with Gasteiger partial charge in [0, 0.05) is 6.54 Å². The van der Waals surface area contributed by atoms with Gasteiger partial charge < -0.3 is 20.1 Å². The molecule has 0 aromatic carbocycles. The van der Waals surface area contributed by atoms with Crippen molar-refractivity contribution in [2.24, 2.45) is 0 Å². The SMILES string of the molecule is O=C1NC(=O)N([C@@H]2O[C@H](CO)[C@@H](O)[C@@H]2O)CC1I. The molecule has 0 spiro atoms. The molecule has 0 aliphatic carbocycles. The first kappa shape index (κ1) is 13.9. The predicted octanol–water partition coefficient (Wildman–Crippen LogP) is -2.22. The first-order chi connectivity index (χ1) is 8.45. The van der Waals surface area contributed by atoms with Crippen molar-refractivity contribution >= 4 is 34.5 Å². The van der Waals surface area contributed by atoms with Crippen LogP contribution >= 0.6 is 22.6 Å². The molecule has 102 valence electrons. The van der Waals surface area contributed by atoms with Crippen molar-refractivity contribution in [3.8, 4) is 0 Å². The average Bonchev–Trinajstić information content (AvgIpc) is 2.61. The van der Waals surface area contributed by atoms with Crippen molar-refractivity contribution in [3.05, 3.63) is 0 Å². The standard InChI is InChI=1S/C9H13IN2O6/c10-3-1-12(9(17)11-7(3)16)8-6(15)5(14)4(2-13)18-8/h3-6,8,13-15H,1-2H2,(H,11,16,17)/t3?,4-,5-,6+,8-/m1/s1. The van der Waals surface area contributed by atoms with Crippen molar-refractivity contribution in [2.75, 3.05) is 13.2 Å². The average molecular weight is 372 g/mol. The van der Waals surface area contributed by atoms with Crippen LogP contribution in [0.5, 0.6) is 0 Å². The van der Waals surface area contributed by atoms with Crippen LogP contribution in [-0.2, 0) is 9.53 Å². The summed E-state index contributed by atoms with van der Waals surface area (Å²) < 4.78 is 4.77. The van der Waals surface area contributed by atoms with Crippen LogP contribution in [0.1, 0.15) is 0 Å². The molecule has 0 aromatic heterocycles. The normalized spacial score (nSPS) is 41.1. The first-order valence-electron chi connectivity index (χ1n) is 5.33. The van der Waals surface area contributed by atoms with E-state index in [1.165, 1.54) is 0 Å². The molecule has 0 bridgehead atoms. The van der Waals surface area contributed by atoms with Gasteiger partial charge in [-0.25, -0.2) is 4.79 Å². The smallest absolute Gasteiger partial charge is 0.326 e. The third-order valence-electron chi connectivity index (χ3n) is 2.96. The number of halogens is 1. The molecule has 1 unspecified atom stereocenters. The van der Waals surface area contributed by atoms with Gasteiger partial charge in [-0.1, -0.05) is 22.6 Å². The van der Waals surface area contributed by atoms with E-state index in [9.17, 15) is 19.8 Å². The Balaban J connectivity index is 2.12. The van der Waals surface area contributed by atoms with Crippen LogP contribution in [0.2, 0.25) is 0 Å². The molecule has 18 heavy (non-hydrogen) atoms. The maximum Gasteiger partial charge on any atom is 0.326 e. The molecular formula is C9H13IN2O6. The van der Waals surface area contributed by atoms with Gasteiger partial charge in [-0.3, -0.25) is 15.0 Å². The van der Waals surface area contributed by atoms with Gasteiger partial charge in [0.15, 0.2) is 6.23 Å². The highest BCUT2D eigenvalue weighted by atomic mass is 127. The highest BCUT2D eigenvalue weighted by Crippen LogP contribution is 2.26. The summed E-state index contributed by atoms with van der Waals surface area (Å²) in [7, 11) is 0. The number of aliphatic hydroxyl groups excluding tert-OH is 3. The van der Waals surface area contributed by atoms with Crippen molar-refractivity contribution in [1.82, 2.24) is 10.2 Å². The Hall–Kier alpha value is -0.490. The number of hydrogen-bond donors (Lipinski definition) is 4. The molecule has 2 fully saturated rings. The highest BCUT2D eigenvalue weighted by molar-refractivity contribution is 14.1. The number of rotatable bonds is 2. The van der Waals surface area contributed by atoms with Gasteiger partial charge in [0.1, 0.15) is 22.2 Å². The van der Waals surface area contributed by atoms with Crippen LogP contribution in [0.3, 0.4) is 0 Å². The van der Waals surface area contributed by atoms with E-state index in [4.69, 9.17) is 9.84 Å². The second-order valence-electron chi connectivity index (χ2n) is 4.14. The minimum Gasteiger partial charge on any atom is -0.394 e. The van der Waals surface area contributed by atoms with E-state index in [2.05, 4.69) is 5.32 Å². The van der Waals surface area contributed by atoms with Crippen molar-refractivity contribution in [1.29, 1.82) is 0 Å². The summed E-state index contributed by atoms with van der Waals surface area (Å²) in [5.41, 5.74) is 0. The molecule has 2 heterocycles. The van der Waals surface area contributed by atoms with E-state index in [1.807, 2.05) is 22.6 Å². The Bertz CT molecular complexity index is 367. The Kier molecular flexibility index (Phi) is 4.06. The molecule has 0 radical (unpaired) electrons. The van der Waals surface area contributed by atoms with Gasteiger partial charge in [-0.2, -0.15) is 0 Å². The summed E-state index contributed by atoms with van der Waals surface area (Å²) in [6.07, 6.45) is -4.59. The van der Waals surface area contributed by atoms with E-state index < -0.39 is 47.0 Å². The second kappa shape index (κ2) is 5.25. The molecule has 3 amide bonds. The summed E-state index contributed by atoms with van der Waals surface area (Å²) in [6, 6.07) is -0.678. The fourth-order valence-corrected chi connectivity index (χ4v) is 2.53. The molecule has 2 aliphatic rings. The monoisotopic (exact) mass is 372 g/mol. The summed E-state index contributed by atoms with van der Waals surface area (Å²) >= 11 is 1.87. The highest BCUT2D eigenvalue weighted by Gasteiger charge is 2.48. The molecule has 2 saturated heterocycles. The number of alkyl halides is 1. The first-order valence-corrected chi connectivity index (χ1v) is 6.58. The molecule has 2 aliphatic heterocycles. The second-order valence-corrected chi connectivity index (χ2v) is 5.65. The zero-order valence-electron chi connectivity index (χ0n) is 9.19. The van der Waals surface area contributed by atoms with E-state index in [0.29, 0.717) is 0 Å². The molecule has 5 atom stereocenters. The Morgan fingerprint density at radius 3 is 2.61 bits per heavy atom. The zero-order valence-corrected chi connectivity index (χ0v) is 11.4. The molecule has 4 N–H and O–H groups in total. The van der Waals surface area contributed by atoms with Crippen LogP contribution in [0.15, 0.2) is 0 Å². The van der Waals surface area contributed by atoms with Gasteiger partial charge in [0.05, 0.1) is 6.61 Å². The molecule has 8 nitrogen and oxygen atoms in total. The van der Waals surface area contributed by atoms with Crippen LogP contribution < -0.4 is 5.32 Å². The number of ether oxygens (including phenoxy) is 1. The Morgan fingerprint density at radius 1 is 1.39 bits per heavy atom. The van der Waals surface area contributed by atoms with Gasteiger partial charge >= 0.3 is 6.03 Å². The van der Waals surface area contributed by atoms with Crippen LogP contribution in [0, 0.1) is 0 Å². The maximum absolute atomic E-state index is 11.6. The van der Waals surface area contributed by atoms with Gasteiger partial charge in [0.2, 0.25) is 5.91 Å². The number of urea groups is 1. The van der Waals surface area contributed by atoms with E-state index in [1.54, 1.807) is 0 Å². The lowest BCUT2D eigenvalue weighted by molar-refractivity contribution is -0.124. The summed E-state index contributed by atoms with van der Waals surface area (Å²) in [5, 5.41) is 30.5. The third kappa shape index (κ3) is 2.32. The number of hydrogen-bond acceptors (Lipinski definition) is 6. The van der Waals surface area contributed by atoms with Crippen molar-refractivity contribution < 1.29 is 29.6 Å². The lowest BCUT2D eigenvalue weighted by Gasteiger charge is -2.34. The van der Waals surface area contributed by atoms with Crippen LogP contribution in [0.4, 0.5) is 4.79 Å². The van der Waals surface area contributed by atoms with Gasteiger partial charge in [0.25, 0.3) is 0 Å². The number of carbonyl (C=O) groups excluding carboxylic acids is 2. The van der Waals surface area contributed by atoms with E-state index >= 15 is 0 Å². The minimum absolute atomic E-state index is 0.0812. The zero-order chi connectivity index (χ0) is 13.4. The summed E-state index contributed by atoms with van der Waals surface area (Å²) in [4.78, 5) is 24.1. The molecule has 0 aromatic rings. The fraction of sp³-hybridized carbons (Fsp3) is 0.778. The molecular weight excluding hydrogens is 359 g/mol. The topological polar surface area (TPSA) is 119 Å². The summed E-state index contributed by atoms with van der Waals surface area (Å²) in [6.45, 7) is -0.380. The largest absolute Gasteiger partial charge is 0.394 e. The minimum atomic E-state index is -1.32. The van der Waals surface area contributed by atoms with Crippen LogP contribution in [-0.4, -0.2) is 73.8 Å². The quantitative estimate of drug-likeness (QED) is 0.322. The van der Waals surface area contributed by atoms with E-state index in [0.717, 1.165) is 4.90 Å². The maximum atomic E-state index is 11.6. The van der Waals surface area contributed by atoms with Crippen molar-refractivity contribution in [2.45, 2.75) is 28.5 Å². The number of nitrogens with one attached hydrogen (secondary N) is 1. The van der Waals surface area contributed by atoms with Gasteiger partial charge in [-0.05, 0) is 0 Å². The summed E-state index contributed by atoms with van der Waals surface area (Å²) in [5.74, 6) is -0.399. The number of aliphatic hydroxyl groups is 3. The Labute approximate surface area is 116 Å². The number of carbonyl (C=O) groups is 2. The number of nitrogens with zero attached hydrogens (tertiary/aromatic N) is 1. The Morgan fingerprint density at radius 2 is 2.06 bits per heavy atom. The molecule has 9 heteroatoms. The predicted molar refractivity (Wildman–Crippen MR) is 65.8 cm³/mol. The molecule has 0 saturated carbocycles. The fourth-order valence-electron chi connectivity index (χ4n) is 1.95. The van der Waals surface area contributed by atoms with E-state index in [-0.39, 0.29) is 6.54 Å². The van der Waals surface area contributed by atoms with Crippen LogP contribution in [0.25, 0.3) is 0 Å². The number of imide groups is 1. The lowest BCUT2D eigenvalue weighted by atomic mass is 10.1.